The summed E-state index contributed by atoms with van der Waals surface area (Å²) in [4.78, 5) is 0. The van der Waals surface area contributed by atoms with Crippen molar-refractivity contribution in [1.29, 1.82) is 0 Å². The van der Waals surface area contributed by atoms with Crippen molar-refractivity contribution in [3.8, 4) is 0 Å². The first-order chi connectivity index (χ1) is 5.79. The van der Waals surface area contributed by atoms with Gasteiger partial charge in [-0.2, -0.15) is 10.2 Å². The van der Waals surface area contributed by atoms with Gasteiger partial charge in [-0.15, -0.1) is 0 Å². The summed E-state index contributed by atoms with van der Waals surface area (Å²) in [5.41, 5.74) is 0. The fraction of sp³-hybridized carbons (Fsp3) is 0.778. The highest BCUT2D eigenvalue weighted by molar-refractivity contribution is 5.23. The van der Waals surface area contributed by atoms with E-state index in [-0.39, 0.29) is 18.1 Å². The molecule has 1 fully saturated rings. The highest BCUT2D eigenvalue weighted by Crippen LogP contribution is 2.50. The first-order valence-electron chi connectivity index (χ1n) is 4.55. The molecule has 0 saturated heterocycles. The Bertz CT molecular complexity index is 274. The van der Waals surface area contributed by atoms with Crippen molar-refractivity contribution in [2.75, 3.05) is 0 Å². The summed E-state index contributed by atoms with van der Waals surface area (Å²) in [6.07, 6.45) is 4.07. The standard InChI is InChI=1S/C9H12N2O/c1-4-7-5-2-3-6(9(5)12)8(7)11-10-4/h2-9,12H,1H3/t4?,5-,6-,7-,8+,9?/m1/s1. The molecule has 2 aliphatic carbocycles. The van der Waals surface area contributed by atoms with Gasteiger partial charge in [-0.05, 0) is 6.92 Å². The number of azo groups is 1. The SMILES string of the molecule is CC1N=N[C@@H]2[C@H]1[C@H]1C=C[C@H]2C1O. The first-order valence-corrected chi connectivity index (χ1v) is 4.55. The molecule has 1 heterocycles. The van der Waals surface area contributed by atoms with Gasteiger partial charge in [-0.3, -0.25) is 0 Å². The van der Waals surface area contributed by atoms with Crippen LogP contribution in [-0.2, 0) is 0 Å². The van der Waals surface area contributed by atoms with Crippen LogP contribution in [0.3, 0.4) is 0 Å². The minimum Gasteiger partial charge on any atom is -0.392 e. The Morgan fingerprint density at radius 3 is 2.67 bits per heavy atom. The van der Waals surface area contributed by atoms with Crippen LogP contribution in [0.25, 0.3) is 0 Å². The van der Waals surface area contributed by atoms with Gasteiger partial charge in [-0.1, -0.05) is 12.2 Å². The summed E-state index contributed by atoms with van der Waals surface area (Å²) in [6, 6.07) is 0.592. The molecule has 3 rings (SSSR count). The summed E-state index contributed by atoms with van der Waals surface area (Å²) in [5.74, 6) is 1.06. The maximum Gasteiger partial charge on any atom is 0.0851 e. The number of hydrogen-bond donors (Lipinski definition) is 1. The maximum absolute atomic E-state index is 9.79. The smallest absolute Gasteiger partial charge is 0.0851 e. The zero-order valence-electron chi connectivity index (χ0n) is 6.96. The first kappa shape index (κ1) is 6.78. The number of rotatable bonds is 0. The molecule has 3 nitrogen and oxygen atoms in total. The van der Waals surface area contributed by atoms with Crippen LogP contribution in [0.2, 0.25) is 0 Å². The molecule has 12 heavy (non-hydrogen) atoms. The van der Waals surface area contributed by atoms with E-state index in [4.69, 9.17) is 0 Å². The van der Waals surface area contributed by atoms with E-state index in [1.165, 1.54) is 0 Å². The topological polar surface area (TPSA) is 45.0 Å². The second-order valence-corrected chi connectivity index (χ2v) is 4.07. The largest absolute Gasteiger partial charge is 0.392 e. The van der Waals surface area contributed by atoms with Gasteiger partial charge in [0.05, 0.1) is 18.2 Å². The molecule has 0 radical (unpaired) electrons. The van der Waals surface area contributed by atoms with Gasteiger partial charge in [-0.25, -0.2) is 0 Å². The molecule has 3 aliphatic rings. The molecule has 0 amide bonds. The number of hydrogen-bond acceptors (Lipinski definition) is 3. The van der Waals surface area contributed by atoms with E-state index in [1.807, 2.05) is 0 Å². The fourth-order valence-electron chi connectivity index (χ4n) is 2.92. The predicted molar refractivity (Wildman–Crippen MR) is 43.7 cm³/mol. The summed E-state index contributed by atoms with van der Waals surface area (Å²) in [6.45, 7) is 2.09. The summed E-state index contributed by atoms with van der Waals surface area (Å²) in [7, 11) is 0. The molecule has 3 heteroatoms. The zero-order chi connectivity index (χ0) is 8.29. The Balaban J connectivity index is 2.03. The van der Waals surface area contributed by atoms with Crippen molar-refractivity contribution in [1.82, 2.24) is 0 Å². The van der Waals surface area contributed by atoms with Gasteiger partial charge in [0, 0.05) is 17.8 Å². The van der Waals surface area contributed by atoms with E-state index in [0.717, 1.165) is 0 Å². The quantitative estimate of drug-likeness (QED) is 0.533. The lowest BCUT2D eigenvalue weighted by Crippen LogP contribution is -2.25. The van der Waals surface area contributed by atoms with Crippen molar-refractivity contribution in [3.63, 3.8) is 0 Å². The Morgan fingerprint density at radius 2 is 1.92 bits per heavy atom. The number of aliphatic hydroxyl groups is 1. The molecule has 0 aromatic carbocycles. The molecule has 6 atom stereocenters. The molecule has 0 aromatic heterocycles. The highest BCUT2D eigenvalue weighted by Gasteiger charge is 2.55. The molecule has 2 bridgehead atoms. The summed E-state index contributed by atoms with van der Waals surface area (Å²) < 4.78 is 0. The van der Waals surface area contributed by atoms with Crippen LogP contribution in [-0.4, -0.2) is 23.3 Å². The summed E-state index contributed by atoms with van der Waals surface area (Å²) in [5, 5.41) is 18.2. The predicted octanol–water partition coefficient (Wildman–Crippen LogP) is 1.00. The van der Waals surface area contributed by atoms with E-state index in [9.17, 15) is 5.11 Å². The van der Waals surface area contributed by atoms with E-state index in [1.54, 1.807) is 0 Å². The summed E-state index contributed by atoms with van der Waals surface area (Å²) >= 11 is 0. The van der Waals surface area contributed by atoms with Crippen LogP contribution in [0, 0.1) is 17.8 Å². The van der Waals surface area contributed by atoms with Crippen LogP contribution in [0.15, 0.2) is 22.4 Å². The molecule has 1 N–H and O–H groups in total. The lowest BCUT2D eigenvalue weighted by Gasteiger charge is -2.19. The average Bonchev–Trinajstić information content (AvgIpc) is 2.66. The molecule has 1 aliphatic heterocycles. The van der Waals surface area contributed by atoms with Crippen molar-refractivity contribution in [2.24, 2.45) is 28.0 Å². The average molecular weight is 164 g/mol. The molecular weight excluding hydrogens is 152 g/mol. The normalized spacial score (nSPS) is 59.8. The number of nitrogens with zero attached hydrogens (tertiary/aromatic N) is 2. The van der Waals surface area contributed by atoms with Gasteiger partial charge in [0.15, 0.2) is 0 Å². The Kier molecular flexibility index (Phi) is 1.11. The Labute approximate surface area is 71.2 Å². The van der Waals surface area contributed by atoms with E-state index >= 15 is 0 Å². The van der Waals surface area contributed by atoms with Crippen LogP contribution in [0.4, 0.5) is 0 Å². The Hall–Kier alpha value is -0.700. The molecule has 0 aromatic rings. The highest BCUT2D eigenvalue weighted by atomic mass is 16.3. The van der Waals surface area contributed by atoms with E-state index in [2.05, 4.69) is 29.3 Å². The third-order valence-corrected chi connectivity index (χ3v) is 3.52. The number of aliphatic hydroxyl groups excluding tert-OH is 1. The molecule has 2 unspecified atom stereocenters. The zero-order valence-corrected chi connectivity index (χ0v) is 6.96. The van der Waals surface area contributed by atoms with Crippen LogP contribution >= 0.6 is 0 Å². The van der Waals surface area contributed by atoms with Crippen molar-refractivity contribution >= 4 is 0 Å². The minimum absolute atomic E-state index is 0.179. The monoisotopic (exact) mass is 164 g/mol. The van der Waals surface area contributed by atoms with Gasteiger partial charge < -0.3 is 5.11 Å². The third-order valence-electron chi connectivity index (χ3n) is 3.52. The minimum atomic E-state index is -0.179. The lowest BCUT2D eigenvalue weighted by atomic mass is 9.86. The van der Waals surface area contributed by atoms with Gasteiger partial charge >= 0.3 is 0 Å². The molecule has 0 spiro atoms. The van der Waals surface area contributed by atoms with Crippen LogP contribution in [0.5, 0.6) is 0 Å². The van der Waals surface area contributed by atoms with E-state index in [0.29, 0.717) is 17.9 Å². The third kappa shape index (κ3) is 0.578. The van der Waals surface area contributed by atoms with Gasteiger partial charge in [0.1, 0.15) is 0 Å². The van der Waals surface area contributed by atoms with Gasteiger partial charge in [0.25, 0.3) is 0 Å². The van der Waals surface area contributed by atoms with Crippen molar-refractivity contribution in [3.05, 3.63) is 12.2 Å². The van der Waals surface area contributed by atoms with Crippen molar-refractivity contribution < 1.29 is 5.11 Å². The van der Waals surface area contributed by atoms with Crippen molar-refractivity contribution in [2.45, 2.75) is 25.1 Å². The van der Waals surface area contributed by atoms with Crippen LogP contribution in [0.1, 0.15) is 6.92 Å². The second kappa shape index (κ2) is 1.96. The maximum atomic E-state index is 9.79. The molecule has 64 valence electrons. The number of fused-ring (bicyclic) bond motifs is 5. The lowest BCUT2D eigenvalue weighted by molar-refractivity contribution is 0.126. The molecule has 1 saturated carbocycles. The Morgan fingerprint density at radius 1 is 1.17 bits per heavy atom. The van der Waals surface area contributed by atoms with Gasteiger partial charge in [0.2, 0.25) is 0 Å². The fourth-order valence-corrected chi connectivity index (χ4v) is 2.92. The van der Waals surface area contributed by atoms with Crippen LogP contribution < -0.4 is 0 Å². The van der Waals surface area contributed by atoms with E-state index < -0.39 is 0 Å². The molecular formula is C9H12N2O. The second-order valence-electron chi connectivity index (χ2n) is 4.07.